The molecular formula is C34H42F2OSi. The molecule has 3 rings (SSSR count). The highest BCUT2D eigenvalue weighted by Gasteiger charge is 2.49. The quantitative estimate of drug-likeness (QED) is 0.231. The first-order chi connectivity index (χ1) is 18.0. The smallest absolute Gasteiger partial charge is 0.261 e. The maximum Gasteiger partial charge on any atom is 0.261 e. The molecule has 0 aromatic heterocycles. The molecule has 4 heteroatoms. The fourth-order valence-corrected chi connectivity index (χ4v) is 10.0. The van der Waals surface area contributed by atoms with Crippen molar-refractivity contribution in [2.24, 2.45) is 5.41 Å². The predicted molar refractivity (Wildman–Crippen MR) is 161 cm³/mol. The van der Waals surface area contributed by atoms with Crippen molar-refractivity contribution in [3.8, 4) is 0 Å². The van der Waals surface area contributed by atoms with E-state index in [1.807, 2.05) is 42.5 Å². The van der Waals surface area contributed by atoms with Gasteiger partial charge in [-0.15, -0.1) is 0 Å². The SMILES string of the molecule is CC1=C(/C=C/C(F)=C/C=C/C(F)=C\CO[Si](c2ccccc2)(c2ccccc2)C(C)(C)C)C(C)(C)CCC1. The Morgan fingerprint density at radius 2 is 1.50 bits per heavy atom. The van der Waals surface area contributed by atoms with E-state index < -0.39 is 20.0 Å². The molecule has 38 heavy (non-hydrogen) atoms. The Bertz CT molecular complexity index is 1170. The van der Waals surface area contributed by atoms with Gasteiger partial charge >= 0.3 is 0 Å². The number of halogens is 2. The second kappa shape index (κ2) is 12.8. The fourth-order valence-electron chi connectivity index (χ4n) is 5.54. The summed E-state index contributed by atoms with van der Waals surface area (Å²) < 4.78 is 35.8. The molecule has 0 bridgehead atoms. The van der Waals surface area contributed by atoms with Gasteiger partial charge < -0.3 is 4.43 Å². The van der Waals surface area contributed by atoms with Gasteiger partial charge in [0, 0.05) is 0 Å². The van der Waals surface area contributed by atoms with Gasteiger partial charge in [-0.1, -0.05) is 113 Å². The van der Waals surface area contributed by atoms with Gasteiger partial charge in [-0.2, -0.15) is 0 Å². The summed E-state index contributed by atoms with van der Waals surface area (Å²) in [7, 11) is -2.73. The Hall–Kier alpha value is -2.82. The summed E-state index contributed by atoms with van der Waals surface area (Å²) in [6.07, 6.45) is 12.1. The first-order valence-electron chi connectivity index (χ1n) is 13.5. The minimum Gasteiger partial charge on any atom is -0.404 e. The van der Waals surface area contributed by atoms with Crippen molar-refractivity contribution in [2.45, 2.75) is 65.8 Å². The molecule has 1 nitrogen and oxygen atoms in total. The zero-order valence-corrected chi connectivity index (χ0v) is 24.7. The van der Waals surface area contributed by atoms with Crippen molar-refractivity contribution in [2.75, 3.05) is 6.61 Å². The Balaban J connectivity index is 1.76. The first-order valence-corrected chi connectivity index (χ1v) is 15.4. The van der Waals surface area contributed by atoms with Gasteiger partial charge in [0.25, 0.3) is 8.32 Å². The van der Waals surface area contributed by atoms with Crippen molar-refractivity contribution in [1.29, 1.82) is 0 Å². The van der Waals surface area contributed by atoms with Crippen molar-refractivity contribution in [3.63, 3.8) is 0 Å². The topological polar surface area (TPSA) is 9.23 Å². The van der Waals surface area contributed by atoms with E-state index in [0.717, 1.165) is 23.2 Å². The molecule has 0 amide bonds. The number of benzene rings is 2. The highest BCUT2D eigenvalue weighted by molar-refractivity contribution is 6.99. The molecule has 2 aromatic rings. The molecule has 1 aliphatic rings. The highest BCUT2D eigenvalue weighted by atomic mass is 28.4. The van der Waals surface area contributed by atoms with E-state index in [-0.39, 0.29) is 17.1 Å². The Labute approximate surface area is 229 Å². The molecule has 0 spiro atoms. The summed E-state index contributed by atoms with van der Waals surface area (Å²) in [5.41, 5.74) is 2.56. The van der Waals surface area contributed by atoms with Crippen LogP contribution in [0.1, 0.15) is 60.8 Å². The molecule has 0 fully saturated rings. The Kier molecular flexibility index (Phi) is 10.0. The van der Waals surface area contributed by atoms with Gasteiger partial charge in [-0.05, 0) is 76.9 Å². The summed E-state index contributed by atoms with van der Waals surface area (Å²) >= 11 is 0. The van der Waals surface area contributed by atoms with Crippen LogP contribution in [-0.2, 0) is 4.43 Å². The molecule has 0 aliphatic heterocycles. The first kappa shape index (κ1) is 29.7. The molecule has 0 saturated carbocycles. The minimum atomic E-state index is -2.73. The van der Waals surface area contributed by atoms with E-state index in [2.05, 4.69) is 65.8 Å². The lowest BCUT2D eigenvalue weighted by Crippen LogP contribution is -2.66. The van der Waals surface area contributed by atoms with Crippen LogP contribution in [0.3, 0.4) is 0 Å². The highest BCUT2D eigenvalue weighted by Crippen LogP contribution is 2.41. The molecule has 2 aromatic carbocycles. The number of hydrogen-bond donors (Lipinski definition) is 0. The van der Waals surface area contributed by atoms with Gasteiger partial charge in [-0.3, -0.25) is 0 Å². The average molecular weight is 533 g/mol. The Morgan fingerprint density at radius 1 is 0.921 bits per heavy atom. The van der Waals surface area contributed by atoms with Gasteiger partial charge in [0.05, 0.1) is 6.61 Å². The summed E-state index contributed by atoms with van der Waals surface area (Å²) in [5, 5.41) is 2.10. The number of allylic oxidation sites excluding steroid dienone is 9. The van der Waals surface area contributed by atoms with Crippen molar-refractivity contribution < 1.29 is 13.2 Å². The Morgan fingerprint density at radius 3 is 2.03 bits per heavy atom. The van der Waals surface area contributed by atoms with Crippen LogP contribution in [0.2, 0.25) is 5.04 Å². The summed E-state index contributed by atoms with van der Waals surface area (Å²) in [6, 6.07) is 20.5. The van der Waals surface area contributed by atoms with Crippen LogP contribution in [0.15, 0.2) is 120 Å². The number of hydrogen-bond acceptors (Lipinski definition) is 1. The van der Waals surface area contributed by atoms with Crippen molar-refractivity contribution in [1.82, 2.24) is 0 Å². The van der Waals surface area contributed by atoms with E-state index in [0.29, 0.717) is 0 Å². The van der Waals surface area contributed by atoms with Crippen molar-refractivity contribution in [3.05, 3.63) is 120 Å². The molecule has 0 heterocycles. The van der Waals surface area contributed by atoms with Crippen LogP contribution in [0, 0.1) is 5.41 Å². The predicted octanol–water partition coefficient (Wildman–Crippen LogP) is 8.91. The number of rotatable bonds is 9. The third kappa shape index (κ3) is 7.18. The van der Waals surface area contributed by atoms with Crippen molar-refractivity contribution >= 4 is 18.7 Å². The van der Waals surface area contributed by atoms with Crippen LogP contribution in [0.4, 0.5) is 8.78 Å². The van der Waals surface area contributed by atoms with E-state index in [9.17, 15) is 8.78 Å². The van der Waals surface area contributed by atoms with Crippen LogP contribution < -0.4 is 10.4 Å². The van der Waals surface area contributed by atoms with E-state index in [4.69, 9.17) is 4.43 Å². The monoisotopic (exact) mass is 532 g/mol. The zero-order valence-electron chi connectivity index (χ0n) is 23.7. The van der Waals surface area contributed by atoms with Crippen LogP contribution in [0.25, 0.3) is 0 Å². The van der Waals surface area contributed by atoms with Gasteiger partial charge in [0.2, 0.25) is 0 Å². The van der Waals surface area contributed by atoms with Gasteiger partial charge in [-0.25, -0.2) is 8.78 Å². The molecule has 202 valence electrons. The fraction of sp³-hybridized carbons (Fsp3) is 0.353. The second-order valence-corrected chi connectivity index (χ2v) is 16.0. The minimum absolute atomic E-state index is 0.0505. The third-order valence-corrected chi connectivity index (χ3v) is 12.5. The molecule has 0 saturated heterocycles. The third-order valence-electron chi connectivity index (χ3n) is 7.46. The summed E-state index contributed by atoms with van der Waals surface area (Å²) in [6.45, 7) is 13.2. The molecule has 1 aliphatic carbocycles. The largest absolute Gasteiger partial charge is 0.404 e. The van der Waals surface area contributed by atoms with E-state index >= 15 is 0 Å². The molecule has 0 unspecified atom stereocenters. The van der Waals surface area contributed by atoms with Gasteiger partial charge in [0.15, 0.2) is 0 Å². The van der Waals surface area contributed by atoms with Gasteiger partial charge in [0.1, 0.15) is 11.7 Å². The normalized spacial score (nSPS) is 17.6. The van der Waals surface area contributed by atoms with Crippen LogP contribution in [0.5, 0.6) is 0 Å². The second-order valence-electron chi connectivity index (χ2n) is 11.7. The lowest BCUT2D eigenvalue weighted by molar-refractivity contribution is 0.336. The maximum atomic E-state index is 14.7. The summed E-state index contributed by atoms with van der Waals surface area (Å²) in [4.78, 5) is 0. The van der Waals surface area contributed by atoms with E-state index in [1.165, 1.54) is 47.9 Å². The van der Waals surface area contributed by atoms with Crippen LogP contribution >= 0.6 is 0 Å². The summed E-state index contributed by atoms with van der Waals surface area (Å²) in [5.74, 6) is -0.859. The molecule has 0 N–H and O–H groups in total. The average Bonchev–Trinajstić information content (AvgIpc) is 2.86. The molecular weight excluding hydrogens is 490 g/mol. The molecule has 0 radical (unpaired) electrons. The van der Waals surface area contributed by atoms with E-state index in [1.54, 1.807) is 0 Å². The lowest BCUT2D eigenvalue weighted by Gasteiger charge is -2.42. The maximum absolute atomic E-state index is 14.7. The zero-order chi connectivity index (χ0) is 27.8. The lowest BCUT2D eigenvalue weighted by atomic mass is 9.72. The van der Waals surface area contributed by atoms with Crippen LogP contribution in [-0.4, -0.2) is 14.9 Å². The molecule has 0 atom stereocenters. The standard InChI is InChI=1S/C34H42F2OSi/c1-27-15-14-25-34(5,6)32(27)23-22-28(35)16-13-17-29(36)24-26-37-38(33(2,3)4,30-18-9-7-10-19-30)31-20-11-8-12-21-31/h7-13,16-24H,14-15,25-26H2,1-6H3/b17-13+,23-22+,28-16-,29-24+.